The second-order valence-corrected chi connectivity index (χ2v) is 8.81. The second-order valence-electron chi connectivity index (χ2n) is 8.81. The Bertz CT molecular complexity index is 1170. The van der Waals surface area contributed by atoms with Gasteiger partial charge in [0.1, 0.15) is 5.75 Å². The zero-order valence-electron chi connectivity index (χ0n) is 19.5. The molecule has 0 atom stereocenters. The predicted octanol–water partition coefficient (Wildman–Crippen LogP) is 4.14. The van der Waals surface area contributed by atoms with Gasteiger partial charge >= 0.3 is 0 Å². The fourth-order valence-corrected chi connectivity index (χ4v) is 4.75. The summed E-state index contributed by atoms with van der Waals surface area (Å²) in [5, 5.41) is 0. The first-order valence-electron chi connectivity index (χ1n) is 11.7. The minimum atomic E-state index is -0.586. The quantitative estimate of drug-likeness (QED) is 0.531. The predicted molar refractivity (Wildman–Crippen MR) is 134 cm³/mol. The molecule has 1 saturated heterocycles. The molecule has 1 heterocycles. The van der Waals surface area contributed by atoms with Crippen LogP contribution in [0.25, 0.3) is 11.1 Å². The molecular formula is C28H31N3O3. The number of nitrogens with two attached hydrogens (primary N) is 2. The minimum Gasteiger partial charge on any atom is -0.496 e. The summed E-state index contributed by atoms with van der Waals surface area (Å²) in [5.74, 6) is -0.410. The normalized spacial score (nSPS) is 14.0. The van der Waals surface area contributed by atoms with Gasteiger partial charge in [0.15, 0.2) is 0 Å². The fraction of sp³-hybridized carbons (Fsp3) is 0.286. The standard InChI is InChI=1S/C28H31N3O3/c1-34-26-12-11-19(17-25-22(27(29)32)9-6-10-23(25)28(30)33)16-24(26)21-8-5-7-20(15-21)18-31-13-3-2-4-14-31/h5-12,15-16H,2-4,13-14,17-18H2,1H3,(H2,29,32)(H2,30,33). The van der Waals surface area contributed by atoms with Crippen LogP contribution in [-0.4, -0.2) is 36.9 Å². The molecule has 0 spiro atoms. The van der Waals surface area contributed by atoms with Crippen molar-refractivity contribution < 1.29 is 14.3 Å². The highest BCUT2D eigenvalue weighted by Crippen LogP contribution is 2.33. The maximum absolute atomic E-state index is 12.0. The van der Waals surface area contributed by atoms with E-state index in [0.29, 0.717) is 23.1 Å². The number of nitrogens with zero attached hydrogens (tertiary/aromatic N) is 1. The van der Waals surface area contributed by atoms with Crippen molar-refractivity contribution in [1.82, 2.24) is 4.90 Å². The van der Waals surface area contributed by atoms with Crippen LogP contribution in [-0.2, 0) is 13.0 Å². The highest BCUT2D eigenvalue weighted by molar-refractivity contribution is 6.01. The number of carbonyl (C=O) groups excluding carboxylic acids is 2. The van der Waals surface area contributed by atoms with Gasteiger partial charge in [0.2, 0.25) is 11.8 Å². The van der Waals surface area contributed by atoms with E-state index in [1.54, 1.807) is 25.3 Å². The molecule has 0 radical (unpaired) electrons. The average Bonchev–Trinajstić information content (AvgIpc) is 2.84. The van der Waals surface area contributed by atoms with Gasteiger partial charge in [0.05, 0.1) is 7.11 Å². The molecule has 4 rings (SSSR count). The number of benzene rings is 3. The molecule has 3 aromatic rings. The van der Waals surface area contributed by atoms with E-state index in [2.05, 4.69) is 29.2 Å². The molecule has 0 saturated carbocycles. The summed E-state index contributed by atoms with van der Waals surface area (Å²) < 4.78 is 5.66. The smallest absolute Gasteiger partial charge is 0.249 e. The highest BCUT2D eigenvalue weighted by atomic mass is 16.5. The zero-order valence-corrected chi connectivity index (χ0v) is 19.5. The zero-order chi connectivity index (χ0) is 24.1. The van der Waals surface area contributed by atoms with Gasteiger partial charge < -0.3 is 16.2 Å². The molecule has 0 bridgehead atoms. The number of piperidine rings is 1. The van der Waals surface area contributed by atoms with Gasteiger partial charge in [-0.15, -0.1) is 0 Å². The van der Waals surface area contributed by atoms with E-state index in [0.717, 1.165) is 42.1 Å². The molecule has 0 unspecified atom stereocenters. The van der Waals surface area contributed by atoms with E-state index in [1.165, 1.54) is 24.8 Å². The fourth-order valence-electron chi connectivity index (χ4n) is 4.75. The number of likely N-dealkylation sites (tertiary alicyclic amines) is 1. The van der Waals surface area contributed by atoms with Gasteiger partial charge in [-0.25, -0.2) is 0 Å². The lowest BCUT2D eigenvalue weighted by Crippen LogP contribution is -2.29. The van der Waals surface area contributed by atoms with Crippen LogP contribution in [0, 0.1) is 0 Å². The third kappa shape index (κ3) is 5.29. The van der Waals surface area contributed by atoms with E-state index in [1.807, 2.05) is 18.2 Å². The van der Waals surface area contributed by atoms with Gasteiger partial charge in [-0.3, -0.25) is 14.5 Å². The summed E-state index contributed by atoms with van der Waals surface area (Å²) in [6.07, 6.45) is 4.18. The summed E-state index contributed by atoms with van der Waals surface area (Å²) in [6, 6.07) is 19.3. The van der Waals surface area contributed by atoms with Crippen LogP contribution < -0.4 is 16.2 Å². The second kappa shape index (κ2) is 10.5. The van der Waals surface area contributed by atoms with Gasteiger partial charge in [-0.2, -0.15) is 0 Å². The Morgan fingerprint density at radius 3 is 2.18 bits per heavy atom. The minimum absolute atomic E-state index is 0.303. The number of ether oxygens (including phenoxy) is 1. The van der Waals surface area contributed by atoms with Crippen molar-refractivity contribution in [2.45, 2.75) is 32.2 Å². The Kier molecular flexibility index (Phi) is 7.28. The van der Waals surface area contributed by atoms with Crippen LogP contribution in [0.1, 0.15) is 56.7 Å². The molecule has 0 aromatic heterocycles. The number of hydrogen-bond donors (Lipinski definition) is 2. The lowest BCUT2D eigenvalue weighted by Gasteiger charge is -2.26. The maximum atomic E-state index is 12.0. The molecule has 176 valence electrons. The van der Waals surface area contributed by atoms with Crippen LogP contribution in [0.15, 0.2) is 60.7 Å². The van der Waals surface area contributed by atoms with E-state index in [4.69, 9.17) is 16.2 Å². The summed E-state index contributed by atoms with van der Waals surface area (Å²) >= 11 is 0. The molecule has 1 aliphatic rings. The molecular weight excluding hydrogens is 426 g/mol. The lowest BCUT2D eigenvalue weighted by atomic mass is 9.92. The van der Waals surface area contributed by atoms with E-state index in [-0.39, 0.29) is 0 Å². The summed E-state index contributed by atoms with van der Waals surface area (Å²) in [5.41, 5.74) is 16.5. The Balaban J connectivity index is 1.69. The molecule has 1 aliphatic heterocycles. The first-order valence-corrected chi connectivity index (χ1v) is 11.7. The van der Waals surface area contributed by atoms with E-state index in [9.17, 15) is 9.59 Å². The van der Waals surface area contributed by atoms with Gasteiger partial charge in [-0.05, 0) is 84.9 Å². The average molecular weight is 458 g/mol. The van der Waals surface area contributed by atoms with Crippen molar-refractivity contribution in [3.8, 4) is 16.9 Å². The number of primary amides is 2. The van der Waals surface area contributed by atoms with Crippen molar-refractivity contribution in [2.24, 2.45) is 11.5 Å². The molecule has 0 aliphatic carbocycles. The number of carbonyl (C=O) groups is 2. The lowest BCUT2D eigenvalue weighted by molar-refractivity contribution is 0.0999. The summed E-state index contributed by atoms with van der Waals surface area (Å²) in [6.45, 7) is 3.22. The first kappa shape index (κ1) is 23.5. The molecule has 3 aromatic carbocycles. The maximum Gasteiger partial charge on any atom is 0.249 e. The highest BCUT2D eigenvalue weighted by Gasteiger charge is 2.18. The van der Waals surface area contributed by atoms with Crippen LogP contribution in [0.3, 0.4) is 0 Å². The third-order valence-electron chi connectivity index (χ3n) is 6.44. The topological polar surface area (TPSA) is 98.6 Å². The molecule has 6 heteroatoms. The molecule has 2 amide bonds. The van der Waals surface area contributed by atoms with Crippen LogP contribution in [0.4, 0.5) is 0 Å². The van der Waals surface area contributed by atoms with Gasteiger partial charge in [-0.1, -0.05) is 36.8 Å². The third-order valence-corrected chi connectivity index (χ3v) is 6.44. The van der Waals surface area contributed by atoms with Crippen LogP contribution in [0.5, 0.6) is 5.75 Å². The van der Waals surface area contributed by atoms with Crippen molar-refractivity contribution in [3.05, 3.63) is 88.5 Å². The molecule has 34 heavy (non-hydrogen) atoms. The Hall–Kier alpha value is -3.64. The van der Waals surface area contributed by atoms with Crippen molar-refractivity contribution in [1.29, 1.82) is 0 Å². The number of methoxy groups -OCH3 is 1. The van der Waals surface area contributed by atoms with Crippen LogP contribution in [0.2, 0.25) is 0 Å². The summed E-state index contributed by atoms with van der Waals surface area (Å²) in [7, 11) is 1.66. The number of hydrogen-bond acceptors (Lipinski definition) is 4. The molecule has 6 nitrogen and oxygen atoms in total. The molecule has 1 fully saturated rings. The van der Waals surface area contributed by atoms with Crippen LogP contribution >= 0.6 is 0 Å². The first-order chi connectivity index (χ1) is 16.5. The Morgan fingerprint density at radius 2 is 1.53 bits per heavy atom. The number of amides is 2. The Labute approximate surface area is 200 Å². The monoisotopic (exact) mass is 457 g/mol. The van der Waals surface area contributed by atoms with Crippen molar-refractivity contribution in [3.63, 3.8) is 0 Å². The molecule has 4 N–H and O–H groups in total. The van der Waals surface area contributed by atoms with Crippen molar-refractivity contribution >= 4 is 11.8 Å². The largest absolute Gasteiger partial charge is 0.496 e. The van der Waals surface area contributed by atoms with Gasteiger partial charge in [0, 0.05) is 23.2 Å². The SMILES string of the molecule is COc1ccc(Cc2c(C(N)=O)cccc2C(N)=O)cc1-c1cccc(CN2CCCCC2)c1. The number of rotatable bonds is 8. The van der Waals surface area contributed by atoms with E-state index < -0.39 is 11.8 Å². The van der Waals surface area contributed by atoms with Crippen molar-refractivity contribution in [2.75, 3.05) is 20.2 Å². The van der Waals surface area contributed by atoms with E-state index >= 15 is 0 Å². The summed E-state index contributed by atoms with van der Waals surface area (Å²) in [4.78, 5) is 26.5. The van der Waals surface area contributed by atoms with Gasteiger partial charge in [0.25, 0.3) is 0 Å². The Morgan fingerprint density at radius 1 is 0.853 bits per heavy atom.